The first-order valence-electron chi connectivity index (χ1n) is 7.24. The van der Waals surface area contributed by atoms with Crippen molar-refractivity contribution in [2.45, 2.75) is 52.0 Å². The van der Waals surface area contributed by atoms with Crippen molar-refractivity contribution in [3.8, 4) is 0 Å². The molecule has 6 heteroatoms. The Labute approximate surface area is 119 Å². The second-order valence-corrected chi connectivity index (χ2v) is 5.25. The smallest absolute Gasteiger partial charge is 0.305 e. The minimum atomic E-state index is -0.922. The number of amides is 2. The minimum absolute atomic E-state index is 0.0257. The van der Waals surface area contributed by atoms with E-state index in [4.69, 9.17) is 5.11 Å². The molecular weight excluding hydrogens is 260 g/mol. The summed E-state index contributed by atoms with van der Waals surface area (Å²) in [6.07, 6.45) is 3.26. The molecule has 1 atom stereocenters. The molecule has 1 aliphatic heterocycles. The summed E-state index contributed by atoms with van der Waals surface area (Å²) in [6.45, 7) is 4.68. The zero-order chi connectivity index (χ0) is 15.1. The van der Waals surface area contributed by atoms with Gasteiger partial charge in [-0.05, 0) is 26.7 Å². The highest BCUT2D eigenvalue weighted by Gasteiger charge is 2.25. The van der Waals surface area contributed by atoms with Crippen molar-refractivity contribution in [2.24, 2.45) is 0 Å². The predicted molar refractivity (Wildman–Crippen MR) is 74.1 cm³/mol. The third-order valence-corrected chi connectivity index (χ3v) is 3.66. The van der Waals surface area contributed by atoms with Gasteiger partial charge in [0, 0.05) is 25.6 Å². The summed E-state index contributed by atoms with van der Waals surface area (Å²) in [4.78, 5) is 38.0. The molecule has 0 bridgehead atoms. The van der Waals surface area contributed by atoms with Crippen molar-refractivity contribution >= 4 is 17.8 Å². The van der Waals surface area contributed by atoms with Crippen LogP contribution in [0.5, 0.6) is 0 Å². The van der Waals surface area contributed by atoms with Crippen LogP contribution in [0, 0.1) is 0 Å². The van der Waals surface area contributed by atoms with Crippen molar-refractivity contribution in [3.05, 3.63) is 0 Å². The first-order valence-corrected chi connectivity index (χ1v) is 7.24. The maximum Gasteiger partial charge on any atom is 0.305 e. The first kappa shape index (κ1) is 16.5. The van der Waals surface area contributed by atoms with Gasteiger partial charge >= 0.3 is 5.97 Å². The van der Waals surface area contributed by atoms with Crippen LogP contribution in [0.4, 0.5) is 0 Å². The molecule has 20 heavy (non-hydrogen) atoms. The van der Waals surface area contributed by atoms with E-state index in [-0.39, 0.29) is 30.8 Å². The molecule has 1 aliphatic rings. The second-order valence-electron chi connectivity index (χ2n) is 5.25. The lowest BCUT2D eigenvalue weighted by atomic mass is 10.2. The van der Waals surface area contributed by atoms with Gasteiger partial charge in [-0.2, -0.15) is 0 Å². The quantitative estimate of drug-likeness (QED) is 0.792. The molecule has 0 spiro atoms. The Morgan fingerprint density at radius 3 is 2.65 bits per heavy atom. The average Bonchev–Trinajstić information content (AvgIpc) is 2.55. The number of likely N-dealkylation sites (N-methyl/N-ethyl adjacent to an activating group) is 1. The maximum absolute atomic E-state index is 12.3. The molecule has 0 aromatic heterocycles. The molecule has 0 aliphatic carbocycles. The highest BCUT2D eigenvalue weighted by atomic mass is 16.4. The largest absolute Gasteiger partial charge is 0.481 e. The summed E-state index contributed by atoms with van der Waals surface area (Å²) < 4.78 is 0. The Morgan fingerprint density at radius 1 is 1.35 bits per heavy atom. The second kappa shape index (κ2) is 7.87. The van der Waals surface area contributed by atoms with Crippen molar-refractivity contribution in [1.29, 1.82) is 0 Å². The molecule has 2 amide bonds. The molecule has 1 unspecified atom stereocenters. The Bertz CT molecular complexity index is 370. The van der Waals surface area contributed by atoms with Crippen molar-refractivity contribution in [2.75, 3.05) is 19.6 Å². The van der Waals surface area contributed by atoms with E-state index in [1.54, 1.807) is 11.8 Å². The number of likely N-dealkylation sites (tertiary alicyclic amines) is 1. The zero-order valence-corrected chi connectivity index (χ0v) is 12.3. The van der Waals surface area contributed by atoms with Gasteiger partial charge in [-0.25, -0.2) is 0 Å². The van der Waals surface area contributed by atoms with E-state index in [2.05, 4.69) is 0 Å². The Kier molecular flexibility index (Phi) is 6.48. The fourth-order valence-corrected chi connectivity index (χ4v) is 2.56. The van der Waals surface area contributed by atoms with E-state index in [0.29, 0.717) is 19.5 Å². The van der Waals surface area contributed by atoms with Crippen LogP contribution in [0.1, 0.15) is 46.0 Å². The van der Waals surface area contributed by atoms with Crippen molar-refractivity contribution in [3.63, 3.8) is 0 Å². The van der Waals surface area contributed by atoms with Crippen LogP contribution in [0.15, 0.2) is 0 Å². The van der Waals surface area contributed by atoms with Gasteiger partial charge in [0.15, 0.2) is 0 Å². The van der Waals surface area contributed by atoms with Crippen LogP contribution in [-0.2, 0) is 14.4 Å². The SMILES string of the molecule is CCN(C(=O)CN1CCCCCC1=O)C(C)CC(=O)O. The third kappa shape index (κ3) is 4.83. The number of carboxylic acid groups (broad SMARTS) is 1. The standard InChI is InChI=1S/C14H24N2O4/c1-3-16(11(2)9-14(19)20)13(18)10-15-8-6-4-5-7-12(15)17/h11H,3-10H2,1-2H3,(H,19,20). The van der Waals surface area contributed by atoms with E-state index in [1.165, 1.54) is 4.90 Å². The van der Waals surface area contributed by atoms with Gasteiger partial charge in [-0.1, -0.05) is 6.42 Å². The molecule has 0 radical (unpaired) electrons. The van der Waals surface area contributed by atoms with E-state index >= 15 is 0 Å². The average molecular weight is 284 g/mol. The van der Waals surface area contributed by atoms with Crippen LogP contribution in [0.3, 0.4) is 0 Å². The number of nitrogens with zero attached hydrogens (tertiary/aromatic N) is 2. The summed E-state index contributed by atoms with van der Waals surface area (Å²) in [5, 5.41) is 8.81. The summed E-state index contributed by atoms with van der Waals surface area (Å²) in [5.41, 5.74) is 0. The van der Waals surface area contributed by atoms with Gasteiger partial charge in [-0.3, -0.25) is 14.4 Å². The van der Waals surface area contributed by atoms with Crippen LogP contribution >= 0.6 is 0 Å². The van der Waals surface area contributed by atoms with E-state index < -0.39 is 5.97 Å². The normalized spacial score (nSPS) is 17.5. The Morgan fingerprint density at radius 2 is 2.05 bits per heavy atom. The summed E-state index contributed by atoms with van der Waals surface area (Å²) >= 11 is 0. The number of aliphatic carboxylic acids is 1. The molecule has 1 N–H and O–H groups in total. The molecule has 114 valence electrons. The van der Waals surface area contributed by atoms with Crippen LogP contribution in [0.2, 0.25) is 0 Å². The van der Waals surface area contributed by atoms with Crippen LogP contribution in [0.25, 0.3) is 0 Å². The zero-order valence-electron chi connectivity index (χ0n) is 12.3. The highest BCUT2D eigenvalue weighted by molar-refractivity contribution is 5.85. The molecular formula is C14H24N2O4. The maximum atomic E-state index is 12.3. The minimum Gasteiger partial charge on any atom is -0.481 e. The molecule has 1 fully saturated rings. The van der Waals surface area contributed by atoms with Gasteiger partial charge in [0.1, 0.15) is 0 Å². The van der Waals surface area contributed by atoms with Crippen LogP contribution < -0.4 is 0 Å². The van der Waals surface area contributed by atoms with Gasteiger partial charge in [0.05, 0.1) is 13.0 Å². The van der Waals surface area contributed by atoms with Crippen LogP contribution in [-0.4, -0.2) is 58.4 Å². The van der Waals surface area contributed by atoms with Gasteiger partial charge in [-0.15, -0.1) is 0 Å². The number of rotatable bonds is 6. The first-order chi connectivity index (χ1) is 9.45. The molecule has 0 saturated carbocycles. The molecule has 1 saturated heterocycles. The Balaban J connectivity index is 2.61. The number of hydrogen-bond acceptors (Lipinski definition) is 3. The van der Waals surface area contributed by atoms with Gasteiger partial charge < -0.3 is 14.9 Å². The van der Waals surface area contributed by atoms with Crippen molar-refractivity contribution < 1.29 is 19.5 Å². The lowest BCUT2D eigenvalue weighted by Gasteiger charge is -2.30. The molecule has 6 nitrogen and oxygen atoms in total. The monoisotopic (exact) mass is 284 g/mol. The van der Waals surface area contributed by atoms with E-state index in [9.17, 15) is 14.4 Å². The lowest BCUT2D eigenvalue weighted by Crippen LogP contribution is -2.46. The molecule has 0 aromatic carbocycles. The fraction of sp³-hybridized carbons (Fsp3) is 0.786. The number of carbonyl (C=O) groups excluding carboxylic acids is 2. The van der Waals surface area contributed by atoms with E-state index in [0.717, 1.165) is 19.3 Å². The van der Waals surface area contributed by atoms with Gasteiger partial charge in [0.25, 0.3) is 0 Å². The Hall–Kier alpha value is -1.59. The topological polar surface area (TPSA) is 77.9 Å². The fourth-order valence-electron chi connectivity index (χ4n) is 2.56. The molecule has 0 aromatic rings. The third-order valence-electron chi connectivity index (χ3n) is 3.66. The summed E-state index contributed by atoms with van der Waals surface area (Å²) in [5.74, 6) is -1.07. The summed E-state index contributed by atoms with van der Waals surface area (Å²) in [7, 11) is 0. The summed E-state index contributed by atoms with van der Waals surface area (Å²) in [6, 6.07) is -0.355. The van der Waals surface area contributed by atoms with E-state index in [1.807, 2.05) is 6.92 Å². The number of carbonyl (C=O) groups is 3. The highest BCUT2D eigenvalue weighted by Crippen LogP contribution is 2.12. The lowest BCUT2D eigenvalue weighted by molar-refractivity contribution is -0.144. The molecule has 1 rings (SSSR count). The predicted octanol–water partition coefficient (Wildman–Crippen LogP) is 1.10. The van der Waals surface area contributed by atoms with Gasteiger partial charge in [0.2, 0.25) is 11.8 Å². The number of carboxylic acids is 1. The van der Waals surface area contributed by atoms with Crippen molar-refractivity contribution in [1.82, 2.24) is 9.80 Å². The molecule has 1 heterocycles. The number of hydrogen-bond donors (Lipinski definition) is 1.